The van der Waals surface area contributed by atoms with Crippen molar-refractivity contribution < 1.29 is 13.6 Å². The molecule has 4 rings (SSSR count). The lowest BCUT2D eigenvalue weighted by Crippen LogP contribution is -2.25. The Balaban J connectivity index is 1.88. The van der Waals surface area contributed by atoms with Crippen LogP contribution >= 0.6 is 0 Å². The molecule has 0 saturated heterocycles. The molecule has 3 aromatic rings. The number of carbonyl (C=O) groups is 1. The van der Waals surface area contributed by atoms with E-state index in [1.165, 1.54) is 22.9 Å². The topological polar surface area (TPSA) is 92.7 Å². The number of H-pyrrole nitrogens is 1. The van der Waals surface area contributed by atoms with Gasteiger partial charge in [-0.3, -0.25) is 9.59 Å². The van der Waals surface area contributed by atoms with E-state index in [0.29, 0.717) is 28.5 Å². The number of hydrogen-bond donors (Lipinski definition) is 2. The van der Waals surface area contributed by atoms with Crippen LogP contribution in [0.5, 0.6) is 0 Å². The van der Waals surface area contributed by atoms with E-state index in [4.69, 9.17) is 0 Å². The highest BCUT2D eigenvalue weighted by molar-refractivity contribution is 5.95. The summed E-state index contributed by atoms with van der Waals surface area (Å²) in [6.07, 6.45) is 0.0870. The Morgan fingerprint density at radius 1 is 1.15 bits per heavy atom. The molecule has 0 saturated carbocycles. The second kappa shape index (κ2) is 5.87. The van der Waals surface area contributed by atoms with Crippen molar-refractivity contribution in [3.8, 4) is 5.82 Å². The number of carbonyl (C=O) groups excluding carboxylic acids is 1. The molecule has 0 spiro atoms. The van der Waals surface area contributed by atoms with Crippen LogP contribution in [0.1, 0.15) is 29.2 Å². The van der Waals surface area contributed by atoms with Gasteiger partial charge in [0, 0.05) is 24.0 Å². The van der Waals surface area contributed by atoms with Gasteiger partial charge in [0.2, 0.25) is 5.91 Å². The molecule has 0 fully saturated rings. The van der Waals surface area contributed by atoms with Gasteiger partial charge in [0.05, 0.1) is 5.69 Å². The molecular formula is C17H13F2N5O2. The van der Waals surface area contributed by atoms with E-state index >= 15 is 0 Å². The molecule has 7 nitrogen and oxygen atoms in total. The molecule has 3 heterocycles. The van der Waals surface area contributed by atoms with Gasteiger partial charge in [-0.2, -0.15) is 14.9 Å². The molecular weight excluding hydrogens is 344 g/mol. The number of benzene rings is 1. The van der Waals surface area contributed by atoms with Crippen LogP contribution in [0.15, 0.2) is 35.1 Å². The molecule has 2 aromatic heterocycles. The first-order chi connectivity index (χ1) is 12.4. The van der Waals surface area contributed by atoms with Gasteiger partial charge in [-0.1, -0.05) is 6.07 Å². The van der Waals surface area contributed by atoms with Crippen molar-refractivity contribution in [1.29, 1.82) is 0 Å². The number of aromatic nitrogens is 4. The largest absolute Gasteiger partial charge is 0.310 e. The quantitative estimate of drug-likeness (QED) is 0.734. The number of anilines is 1. The van der Waals surface area contributed by atoms with Crippen LogP contribution in [0.3, 0.4) is 0 Å². The highest BCUT2D eigenvalue weighted by Crippen LogP contribution is 2.40. The summed E-state index contributed by atoms with van der Waals surface area (Å²) in [7, 11) is 0. The molecule has 0 radical (unpaired) electrons. The lowest BCUT2D eigenvalue weighted by atomic mass is 9.86. The van der Waals surface area contributed by atoms with Crippen molar-refractivity contribution in [3.05, 3.63) is 69.1 Å². The summed E-state index contributed by atoms with van der Waals surface area (Å²) < 4.78 is 28.4. The van der Waals surface area contributed by atoms with E-state index in [9.17, 15) is 18.4 Å². The van der Waals surface area contributed by atoms with Gasteiger partial charge < -0.3 is 5.32 Å². The van der Waals surface area contributed by atoms with Crippen molar-refractivity contribution in [2.45, 2.75) is 19.3 Å². The summed E-state index contributed by atoms with van der Waals surface area (Å²) in [5, 5.41) is 13.4. The maximum absolute atomic E-state index is 13.7. The Kier molecular flexibility index (Phi) is 3.64. The number of nitrogens with zero attached hydrogens (tertiary/aromatic N) is 3. The fourth-order valence-electron chi connectivity index (χ4n) is 3.18. The van der Waals surface area contributed by atoms with Crippen LogP contribution < -0.4 is 10.9 Å². The predicted molar refractivity (Wildman–Crippen MR) is 88.2 cm³/mol. The summed E-state index contributed by atoms with van der Waals surface area (Å²) in [5.74, 6) is -1.95. The number of aromatic amines is 1. The first kappa shape index (κ1) is 16.1. The maximum atomic E-state index is 13.7. The van der Waals surface area contributed by atoms with Crippen LogP contribution in [0.4, 0.5) is 14.6 Å². The molecule has 1 aliphatic heterocycles. The number of amides is 1. The molecule has 1 amide bonds. The van der Waals surface area contributed by atoms with Crippen molar-refractivity contribution in [3.63, 3.8) is 0 Å². The average Bonchev–Trinajstić information content (AvgIpc) is 2.94. The first-order valence-electron chi connectivity index (χ1n) is 7.84. The zero-order valence-corrected chi connectivity index (χ0v) is 13.6. The predicted octanol–water partition coefficient (Wildman–Crippen LogP) is 2.02. The Labute approximate surface area is 145 Å². The van der Waals surface area contributed by atoms with Gasteiger partial charge in [-0.05, 0) is 30.7 Å². The van der Waals surface area contributed by atoms with Gasteiger partial charge in [0.1, 0.15) is 5.82 Å². The molecule has 9 heteroatoms. The minimum Gasteiger partial charge on any atom is -0.310 e. The minimum atomic E-state index is -0.970. The molecule has 2 N–H and O–H groups in total. The number of fused-ring (bicyclic) bond motifs is 1. The normalized spacial score (nSPS) is 16.3. The van der Waals surface area contributed by atoms with Crippen LogP contribution in [0, 0.1) is 18.6 Å². The second-order valence-electron chi connectivity index (χ2n) is 6.02. The molecule has 26 heavy (non-hydrogen) atoms. The molecule has 132 valence electrons. The maximum Gasteiger partial charge on any atom is 0.264 e. The first-order valence-corrected chi connectivity index (χ1v) is 7.84. The zero-order chi connectivity index (χ0) is 18.4. The van der Waals surface area contributed by atoms with E-state index in [0.717, 1.165) is 12.1 Å². The molecule has 1 unspecified atom stereocenters. The highest BCUT2D eigenvalue weighted by Gasteiger charge is 2.33. The number of rotatable bonds is 2. The van der Waals surface area contributed by atoms with Crippen LogP contribution in [0.2, 0.25) is 0 Å². The van der Waals surface area contributed by atoms with Crippen molar-refractivity contribution in [2.24, 2.45) is 0 Å². The lowest BCUT2D eigenvalue weighted by Gasteiger charge is -2.24. The van der Waals surface area contributed by atoms with E-state index in [1.54, 1.807) is 6.92 Å². The zero-order valence-electron chi connectivity index (χ0n) is 13.6. The third kappa shape index (κ3) is 2.57. The van der Waals surface area contributed by atoms with Crippen molar-refractivity contribution >= 4 is 11.7 Å². The Morgan fingerprint density at radius 2 is 1.96 bits per heavy atom. The van der Waals surface area contributed by atoms with Crippen LogP contribution in [-0.4, -0.2) is 25.9 Å². The van der Waals surface area contributed by atoms with E-state index in [1.807, 2.05) is 0 Å². The van der Waals surface area contributed by atoms with Gasteiger partial charge in [-0.25, -0.2) is 13.9 Å². The summed E-state index contributed by atoms with van der Waals surface area (Å²) >= 11 is 0. The summed E-state index contributed by atoms with van der Waals surface area (Å²) in [4.78, 5) is 23.4. The molecule has 0 bridgehead atoms. The van der Waals surface area contributed by atoms with Crippen molar-refractivity contribution in [1.82, 2.24) is 20.0 Å². The lowest BCUT2D eigenvalue weighted by molar-refractivity contribution is -0.116. The Morgan fingerprint density at radius 3 is 2.65 bits per heavy atom. The van der Waals surface area contributed by atoms with Crippen molar-refractivity contribution in [2.75, 3.05) is 5.32 Å². The smallest absolute Gasteiger partial charge is 0.264 e. The summed E-state index contributed by atoms with van der Waals surface area (Å²) in [6, 6.07) is 6.36. The monoisotopic (exact) mass is 357 g/mol. The van der Waals surface area contributed by atoms with Gasteiger partial charge in [0.15, 0.2) is 17.5 Å². The fourth-order valence-corrected chi connectivity index (χ4v) is 3.18. The third-order valence-electron chi connectivity index (χ3n) is 4.33. The Hall–Kier alpha value is -3.36. The van der Waals surface area contributed by atoms with Crippen LogP contribution in [-0.2, 0) is 4.79 Å². The number of aryl methyl sites for hydroxylation is 1. The number of hydrogen-bond acceptors (Lipinski definition) is 4. The van der Waals surface area contributed by atoms with Gasteiger partial charge in [0.25, 0.3) is 5.56 Å². The summed E-state index contributed by atoms with van der Waals surface area (Å²) in [6.45, 7) is 1.76. The second-order valence-corrected chi connectivity index (χ2v) is 6.02. The Bertz CT molecular complexity index is 1070. The number of halogens is 2. The molecule has 1 aromatic carbocycles. The average molecular weight is 357 g/mol. The van der Waals surface area contributed by atoms with E-state index in [-0.39, 0.29) is 17.9 Å². The minimum absolute atomic E-state index is 0.0870. The molecule has 0 aliphatic carbocycles. The fraction of sp³-hybridized carbons (Fsp3) is 0.176. The van der Waals surface area contributed by atoms with E-state index < -0.39 is 17.6 Å². The third-order valence-corrected chi connectivity index (χ3v) is 4.33. The molecule has 1 atom stereocenters. The SMILES string of the molecule is Cc1nn(-c2ccc(=O)[nH]n2)c2c1C(c1ccc(F)c(F)c1)CC(=O)N2. The number of nitrogens with one attached hydrogen (secondary N) is 2. The standard InChI is InChI=1S/C17H13F2N5O2/c1-8-16-10(9-2-3-11(18)12(19)6-9)7-15(26)20-17(16)24(23-8)13-4-5-14(25)22-21-13/h2-6,10H,7H2,1H3,(H,20,26)(H,22,25). The van der Waals surface area contributed by atoms with Gasteiger partial charge >= 0.3 is 0 Å². The van der Waals surface area contributed by atoms with Crippen LogP contribution in [0.25, 0.3) is 5.82 Å². The van der Waals surface area contributed by atoms with E-state index in [2.05, 4.69) is 20.6 Å². The summed E-state index contributed by atoms with van der Waals surface area (Å²) in [5.41, 5.74) is 1.43. The highest BCUT2D eigenvalue weighted by atomic mass is 19.2. The van der Waals surface area contributed by atoms with Gasteiger partial charge in [-0.15, -0.1) is 0 Å². The molecule has 1 aliphatic rings.